The maximum Gasteiger partial charge on any atom is 0.412 e. The summed E-state index contributed by atoms with van der Waals surface area (Å²) in [5.41, 5.74) is 0.0173. The molecule has 2 aromatic carbocycles. The van der Waals surface area contributed by atoms with E-state index in [1.807, 2.05) is 6.92 Å². The van der Waals surface area contributed by atoms with Gasteiger partial charge in [0.1, 0.15) is 23.1 Å². The van der Waals surface area contributed by atoms with E-state index < -0.39 is 63.9 Å². The molecule has 0 spiro atoms. The van der Waals surface area contributed by atoms with Crippen molar-refractivity contribution >= 4 is 39.3 Å². The molecule has 220 valence electrons. The summed E-state index contributed by atoms with van der Waals surface area (Å²) in [4.78, 5) is 41.6. The SMILES string of the molecule is Cc1ccc(S(=O)(=O)N2C[C@H]3[C@H]4C(=O)N(c5ccccc5)C(=O)[C@H]4C[C@H](OC(=O)Nc4c(C)noc4C)[C@@]3(O)C2)cc1. The number of para-hydroxylation sites is 1. The number of fused-ring (bicyclic) bond motifs is 3. The number of anilines is 2. The number of β-amino-alcohol motifs (C(OH)–C–C–N with tert-alkyl or cyclic N) is 1. The molecule has 3 heterocycles. The van der Waals surface area contributed by atoms with Crippen LogP contribution in [0.2, 0.25) is 0 Å². The number of carbonyl (C=O) groups excluding carboxylic acids is 3. The Kier molecular flexibility index (Phi) is 6.71. The number of ether oxygens (including phenoxy) is 1. The molecule has 2 saturated heterocycles. The van der Waals surface area contributed by atoms with Crippen LogP contribution in [0.3, 0.4) is 0 Å². The standard InChI is InChI=1S/C29H30N4O8S/c1-16-9-11-20(12-10-16)42(38,39)32-14-22-24-21(26(34)33(27(24)35)19-7-5-4-6-8-19)13-23(29(22,37)15-32)40-28(36)30-25-17(2)31-41-18(25)3/h4-12,21-24,37H,13-15H2,1-3H3,(H,30,36)/t21-,22-,23-,24-,29+/m0/s1. The molecule has 0 unspecified atom stereocenters. The van der Waals surface area contributed by atoms with E-state index in [1.54, 1.807) is 56.3 Å². The molecule has 2 aliphatic heterocycles. The van der Waals surface area contributed by atoms with E-state index in [0.717, 1.165) is 14.8 Å². The Morgan fingerprint density at radius 2 is 1.76 bits per heavy atom. The van der Waals surface area contributed by atoms with Crippen molar-refractivity contribution in [2.75, 3.05) is 23.3 Å². The highest BCUT2D eigenvalue weighted by atomic mass is 32.2. The molecule has 3 fully saturated rings. The Morgan fingerprint density at radius 1 is 1.07 bits per heavy atom. The maximum absolute atomic E-state index is 13.8. The molecule has 6 rings (SSSR count). The highest BCUT2D eigenvalue weighted by Gasteiger charge is 2.68. The van der Waals surface area contributed by atoms with E-state index in [4.69, 9.17) is 9.26 Å². The Hall–Kier alpha value is -4.07. The average Bonchev–Trinajstić information content (AvgIpc) is 3.56. The van der Waals surface area contributed by atoms with Gasteiger partial charge in [-0.3, -0.25) is 19.8 Å². The number of hydrogen-bond donors (Lipinski definition) is 2. The van der Waals surface area contributed by atoms with Gasteiger partial charge >= 0.3 is 6.09 Å². The van der Waals surface area contributed by atoms with Gasteiger partial charge in [0.15, 0.2) is 5.76 Å². The number of nitrogens with zero attached hydrogens (tertiary/aromatic N) is 3. The topological polar surface area (TPSA) is 159 Å². The summed E-state index contributed by atoms with van der Waals surface area (Å²) < 4.78 is 39.3. The molecule has 3 aromatic rings. The zero-order valence-corrected chi connectivity index (χ0v) is 24.0. The van der Waals surface area contributed by atoms with Crippen LogP contribution in [0.1, 0.15) is 23.4 Å². The maximum atomic E-state index is 13.8. The number of sulfonamides is 1. The Labute approximate surface area is 242 Å². The first kappa shape index (κ1) is 28.1. The monoisotopic (exact) mass is 594 g/mol. The first-order valence-corrected chi connectivity index (χ1v) is 15.0. The second-order valence-electron chi connectivity index (χ2n) is 11.1. The van der Waals surface area contributed by atoms with E-state index in [-0.39, 0.29) is 17.9 Å². The minimum absolute atomic E-state index is 0.0280. The van der Waals surface area contributed by atoms with Crippen molar-refractivity contribution in [1.82, 2.24) is 9.46 Å². The predicted molar refractivity (Wildman–Crippen MR) is 149 cm³/mol. The molecule has 0 bridgehead atoms. The number of aromatic nitrogens is 1. The predicted octanol–water partition coefficient (Wildman–Crippen LogP) is 2.78. The summed E-state index contributed by atoms with van der Waals surface area (Å²) in [6.07, 6.45) is -2.40. The molecule has 13 heteroatoms. The smallest absolute Gasteiger partial charge is 0.412 e. The number of amides is 3. The van der Waals surface area contributed by atoms with Gasteiger partial charge in [0, 0.05) is 19.0 Å². The Morgan fingerprint density at radius 3 is 2.40 bits per heavy atom. The Balaban J connectivity index is 1.36. The summed E-state index contributed by atoms with van der Waals surface area (Å²) in [7, 11) is -4.09. The molecular formula is C29H30N4O8S. The number of carbonyl (C=O) groups is 3. The number of benzene rings is 2. The summed E-state index contributed by atoms with van der Waals surface area (Å²) in [6.45, 7) is 4.41. The minimum atomic E-state index is -4.09. The number of aryl methyl sites for hydroxylation is 3. The molecule has 1 aliphatic carbocycles. The summed E-state index contributed by atoms with van der Waals surface area (Å²) in [6, 6.07) is 14.7. The molecule has 1 saturated carbocycles. The van der Waals surface area contributed by atoms with Crippen LogP contribution in [0.15, 0.2) is 64.0 Å². The first-order chi connectivity index (χ1) is 19.9. The van der Waals surface area contributed by atoms with Gasteiger partial charge in [-0.05, 0) is 51.5 Å². The van der Waals surface area contributed by atoms with Crippen LogP contribution < -0.4 is 10.2 Å². The molecular weight excluding hydrogens is 564 g/mol. The molecule has 3 amide bonds. The quantitative estimate of drug-likeness (QED) is 0.424. The van der Waals surface area contributed by atoms with Crippen LogP contribution in [-0.2, 0) is 24.3 Å². The fourth-order valence-electron chi connectivity index (χ4n) is 6.44. The van der Waals surface area contributed by atoms with Crippen molar-refractivity contribution in [3.63, 3.8) is 0 Å². The molecule has 42 heavy (non-hydrogen) atoms. The Bertz CT molecular complexity index is 1650. The number of imide groups is 1. The minimum Gasteiger partial charge on any atom is -0.443 e. The van der Waals surface area contributed by atoms with Crippen LogP contribution in [-0.4, -0.2) is 65.7 Å². The fraction of sp³-hybridized carbons (Fsp3) is 0.379. The van der Waals surface area contributed by atoms with Crippen LogP contribution in [0, 0.1) is 38.5 Å². The van der Waals surface area contributed by atoms with Crippen molar-refractivity contribution < 1.29 is 37.2 Å². The van der Waals surface area contributed by atoms with Gasteiger partial charge in [0.25, 0.3) is 0 Å². The van der Waals surface area contributed by atoms with Gasteiger partial charge in [0.2, 0.25) is 21.8 Å². The van der Waals surface area contributed by atoms with Crippen molar-refractivity contribution in [2.45, 2.75) is 43.8 Å². The van der Waals surface area contributed by atoms with E-state index in [1.165, 1.54) is 12.1 Å². The zero-order chi connectivity index (χ0) is 30.0. The number of aliphatic hydroxyl groups is 1. The van der Waals surface area contributed by atoms with Crippen LogP contribution >= 0.6 is 0 Å². The second-order valence-corrected chi connectivity index (χ2v) is 13.1. The van der Waals surface area contributed by atoms with E-state index in [0.29, 0.717) is 22.8 Å². The fourth-order valence-corrected chi connectivity index (χ4v) is 7.95. The van der Waals surface area contributed by atoms with Crippen molar-refractivity contribution in [1.29, 1.82) is 0 Å². The highest BCUT2D eigenvalue weighted by molar-refractivity contribution is 7.89. The van der Waals surface area contributed by atoms with Crippen molar-refractivity contribution in [3.8, 4) is 0 Å². The number of nitrogens with one attached hydrogen (secondary N) is 1. The summed E-state index contributed by atoms with van der Waals surface area (Å²) in [5, 5.41) is 18.5. The third kappa shape index (κ3) is 4.39. The van der Waals surface area contributed by atoms with E-state index in [9.17, 15) is 27.9 Å². The number of rotatable bonds is 5. The van der Waals surface area contributed by atoms with Crippen LogP contribution in [0.5, 0.6) is 0 Å². The van der Waals surface area contributed by atoms with E-state index >= 15 is 0 Å². The summed E-state index contributed by atoms with van der Waals surface area (Å²) >= 11 is 0. The van der Waals surface area contributed by atoms with Gasteiger partial charge in [0.05, 0.1) is 22.4 Å². The molecule has 2 N–H and O–H groups in total. The lowest BCUT2D eigenvalue weighted by molar-refractivity contribution is -0.155. The first-order valence-electron chi connectivity index (χ1n) is 13.5. The average molecular weight is 595 g/mol. The van der Waals surface area contributed by atoms with Gasteiger partial charge in [-0.1, -0.05) is 41.1 Å². The lowest BCUT2D eigenvalue weighted by atomic mass is 9.65. The number of hydrogen-bond acceptors (Lipinski definition) is 9. The lowest BCUT2D eigenvalue weighted by Gasteiger charge is -2.44. The van der Waals surface area contributed by atoms with Gasteiger partial charge in [-0.2, -0.15) is 4.31 Å². The highest BCUT2D eigenvalue weighted by Crippen LogP contribution is 2.52. The third-order valence-electron chi connectivity index (χ3n) is 8.59. The van der Waals surface area contributed by atoms with Crippen LogP contribution in [0.4, 0.5) is 16.2 Å². The largest absolute Gasteiger partial charge is 0.443 e. The van der Waals surface area contributed by atoms with Gasteiger partial charge in [-0.25, -0.2) is 13.2 Å². The lowest BCUT2D eigenvalue weighted by Crippen LogP contribution is -2.59. The van der Waals surface area contributed by atoms with Crippen LogP contribution in [0.25, 0.3) is 0 Å². The molecule has 12 nitrogen and oxygen atoms in total. The van der Waals surface area contributed by atoms with Gasteiger partial charge in [-0.15, -0.1) is 0 Å². The van der Waals surface area contributed by atoms with Crippen molar-refractivity contribution in [3.05, 3.63) is 71.6 Å². The molecule has 3 aliphatic rings. The normalized spacial score (nSPS) is 27.6. The molecule has 0 radical (unpaired) electrons. The van der Waals surface area contributed by atoms with Gasteiger partial charge < -0.3 is 14.4 Å². The third-order valence-corrected chi connectivity index (χ3v) is 10.4. The van der Waals surface area contributed by atoms with Crippen molar-refractivity contribution in [2.24, 2.45) is 17.8 Å². The zero-order valence-electron chi connectivity index (χ0n) is 23.2. The molecule has 1 aromatic heterocycles. The summed E-state index contributed by atoms with van der Waals surface area (Å²) in [5.74, 6) is -3.62. The molecule has 5 atom stereocenters. The second kappa shape index (κ2) is 10.0. The van der Waals surface area contributed by atoms with E-state index in [2.05, 4.69) is 10.5 Å².